The Morgan fingerprint density at radius 1 is 1.16 bits per heavy atom. The summed E-state index contributed by atoms with van der Waals surface area (Å²) in [4.78, 5) is 24.1. The highest BCUT2D eigenvalue weighted by atomic mass is 19.2. The minimum Gasteiger partial charge on any atom is -0.386 e. The molecule has 1 heterocycles. The summed E-state index contributed by atoms with van der Waals surface area (Å²) >= 11 is 0. The molecule has 0 fully saturated rings. The average molecular weight is 345 g/mol. The molecule has 128 valence electrons. The number of hydrogen-bond acceptors (Lipinski definition) is 4. The predicted octanol–water partition coefficient (Wildman–Crippen LogP) is 1.51. The van der Waals surface area contributed by atoms with E-state index in [1.54, 1.807) is 18.2 Å². The molecule has 1 unspecified atom stereocenters. The van der Waals surface area contributed by atoms with Gasteiger partial charge in [-0.3, -0.25) is 9.59 Å². The lowest BCUT2D eigenvalue weighted by Gasteiger charge is -2.14. The Labute approximate surface area is 140 Å². The number of hydrogen-bond donors (Lipinski definition) is 2. The van der Waals surface area contributed by atoms with Crippen molar-refractivity contribution in [3.63, 3.8) is 0 Å². The maximum Gasteiger partial charge on any atom is 0.274 e. The van der Waals surface area contributed by atoms with Gasteiger partial charge in [-0.2, -0.15) is 5.10 Å². The van der Waals surface area contributed by atoms with Crippen LogP contribution in [0.1, 0.15) is 22.2 Å². The molecule has 3 N–H and O–H groups in total. The van der Waals surface area contributed by atoms with Crippen molar-refractivity contribution >= 4 is 16.7 Å². The van der Waals surface area contributed by atoms with Crippen molar-refractivity contribution in [1.82, 2.24) is 9.78 Å². The lowest BCUT2D eigenvalue weighted by Crippen LogP contribution is -2.29. The van der Waals surface area contributed by atoms with Crippen molar-refractivity contribution in [3.05, 3.63) is 75.7 Å². The van der Waals surface area contributed by atoms with Crippen LogP contribution in [0.3, 0.4) is 0 Å². The number of rotatable bonds is 4. The van der Waals surface area contributed by atoms with Gasteiger partial charge in [-0.25, -0.2) is 13.5 Å². The van der Waals surface area contributed by atoms with Gasteiger partial charge < -0.3 is 10.8 Å². The Morgan fingerprint density at radius 3 is 2.48 bits per heavy atom. The fraction of sp³-hybridized carbons (Fsp3) is 0.118. The van der Waals surface area contributed by atoms with Crippen molar-refractivity contribution < 1.29 is 18.7 Å². The smallest absolute Gasteiger partial charge is 0.274 e. The molecule has 3 rings (SSSR count). The number of halogens is 2. The van der Waals surface area contributed by atoms with Crippen LogP contribution >= 0.6 is 0 Å². The van der Waals surface area contributed by atoms with E-state index >= 15 is 0 Å². The molecule has 8 heteroatoms. The summed E-state index contributed by atoms with van der Waals surface area (Å²) in [5.41, 5.74) is 4.72. The monoisotopic (exact) mass is 345 g/mol. The predicted molar refractivity (Wildman–Crippen MR) is 85.8 cm³/mol. The van der Waals surface area contributed by atoms with E-state index < -0.39 is 29.2 Å². The molecular formula is C17H13F2N3O3. The minimum absolute atomic E-state index is 0.0707. The fourth-order valence-corrected chi connectivity index (χ4v) is 2.53. The number of nitrogens with zero attached hydrogens (tertiary/aromatic N) is 2. The second-order valence-electron chi connectivity index (χ2n) is 5.44. The zero-order valence-electron chi connectivity index (χ0n) is 12.8. The van der Waals surface area contributed by atoms with Crippen molar-refractivity contribution in [2.75, 3.05) is 0 Å². The van der Waals surface area contributed by atoms with E-state index in [0.29, 0.717) is 5.39 Å². The number of nitrogens with two attached hydrogens (primary N) is 1. The van der Waals surface area contributed by atoms with E-state index in [-0.39, 0.29) is 23.2 Å². The number of fused-ring (bicyclic) bond motifs is 1. The van der Waals surface area contributed by atoms with Gasteiger partial charge in [0.2, 0.25) is 0 Å². The fourth-order valence-electron chi connectivity index (χ4n) is 2.53. The molecule has 2 aromatic carbocycles. The molecule has 0 aliphatic heterocycles. The molecule has 0 saturated carbocycles. The average Bonchev–Trinajstić information content (AvgIpc) is 2.59. The molecule has 0 bridgehead atoms. The Morgan fingerprint density at radius 2 is 1.84 bits per heavy atom. The highest BCUT2D eigenvalue weighted by molar-refractivity contribution is 6.03. The molecule has 3 aromatic rings. The molecule has 0 aliphatic rings. The van der Waals surface area contributed by atoms with Crippen LogP contribution in [-0.2, 0) is 6.54 Å². The second kappa shape index (κ2) is 6.40. The summed E-state index contributed by atoms with van der Waals surface area (Å²) in [7, 11) is 0. The van der Waals surface area contributed by atoms with Crippen LogP contribution in [0.5, 0.6) is 0 Å². The van der Waals surface area contributed by atoms with Gasteiger partial charge in [-0.05, 0) is 23.8 Å². The number of benzene rings is 2. The first-order valence-corrected chi connectivity index (χ1v) is 7.31. The van der Waals surface area contributed by atoms with Crippen molar-refractivity contribution in [2.24, 2.45) is 5.73 Å². The van der Waals surface area contributed by atoms with E-state index in [4.69, 9.17) is 5.73 Å². The molecule has 1 amide bonds. The van der Waals surface area contributed by atoms with Gasteiger partial charge in [0.25, 0.3) is 11.5 Å². The molecule has 0 spiro atoms. The number of aliphatic hydroxyl groups excluding tert-OH is 1. The third-order valence-electron chi connectivity index (χ3n) is 3.78. The van der Waals surface area contributed by atoms with Crippen molar-refractivity contribution in [1.29, 1.82) is 0 Å². The molecule has 0 radical (unpaired) electrons. The molecule has 25 heavy (non-hydrogen) atoms. The van der Waals surface area contributed by atoms with E-state index in [2.05, 4.69) is 5.10 Å². The molecule has 6 nitrogen and oxygen atoms in total. The number of carbonyl (C=O) groups excluding carboxylic acids is 1. The van der Waals surface area contributed by atoms with Crippen LogP contribution < -0.4 is 11.3 Å². The number of amides is 1. The molecule has 0 aliphatic carbocycles. The molecule has 1 aromatic heterocycles. The highest BCUT2D eigenvalue weighted by Gasteiger charge is 2.17. The van der Waals surface area contributed by atoms with Gasteiger partial charge >= 0.3 is 0 Å². The maximum absolute atomic E-state index is 13.3. The van der Waals surface area contributed by atoms with Crippen LogP contribution in [0.4, 0.5) is 8.78 Å². The van der Waals surface area contributed by atoms with Crippen molar-refractivity contribution in [2.45, 2.75) is 12.6 Å². The normalized spacial score (nSPS) is 12.3. The Bertz CT molecular complexity index is 1030. The number of aromatic nitrogens is 2. The molecule has 1 atom stereocenters. The Kier molecular flexibility index (Phi) is 4.28. The lowest BCUT2D eigenvalue weighted by molar-refractivity contribution is 0.0991. The van der Waals surface area contributed by atoms with Crippen molar-refractivity contribution in [3.8, 4) is 0 Å². The first-order chi connectivity index (χ1) is 11.9. The van der Waals surface area contributed by atoms with Gasteiger partial charge in [0, 0.05) is 5.39 Å². The summed E-state index contributed by atoms with van der Waals surface area (Å²) < 4.78 is 27.2. The van der Waals surface area contributed by atoms with E-state index in [9.17, 15) is 23.5 Å². The third kappa shape index (κ3) is 3.11. The van der Waals surface area contributed by atoms with Crippen LogP contribution in [0.2, 0.25) is 0 Å². The van der Waals surface area contributed by atoms with Gasteiger partial charge in [0.15, 0.2) is 17.3 Å². The largest absolute Gasteiger partial charge is 0.386 e. The lowest BCUT2D eigenvalue weighted by atomic mass is 10.1. The highest BCUT2D eigenvalue weighted by Crippen LogP contribution is 2.18. The summed E-state index contributed by atoms with van der Waals surface area (Å²) in [6.45, 7) is -0.352. The third-order valence-corrected chi connectivity index (χ3v) is 3.78. The quantitative estimate of drug-likeness (QED) is 0.749. The van der Waals surface area contributed by atoms with E-state index in [1.807, 2.05) is 0 Å². The number of carbonyl (C=O) groups is 1. The molecular weight excluding hydrogens is 332 g/mol. The van der Waals surface area contributed by atoms with Crippen LogP contribution in [0.25, 0.3) is 10.8 Å². The summed E-state index contributed by atoms with van der Waals surface area (Å²) in [5, 5.41) is 14.6. The summed E-state index contributed by atoms with van der Waals surface area (Å²) in [6, 6.07) is 9.21. The SMILES string of the molecule is NC(=O)c1nn(CC(O)c2ccc(F)c(F)c2)c(=O)c2ccccc12. The maximum atomic E-state index is 13.3. The van der Waals surface area contributed by atoms with Gasteiger partial charge in [-0.1, -0.05) is 24.3 Å². The van der Waals surface area contributed by atoms with Gasteiger partial charge in [-0.15, -0.1) is 0 Å². The first kappa shape index (κ1) is 16.7. The molecule has 0 saturated heterocycles. The zero-order valence-corrected chi connectivity index (χ0v) is 12.8. The second-order valence-corrected chi connectivity index (χ2v) is 5.44. The van der Waals surface area contributed by atoms with Gasteiger partial charge in [0.05, 0.1) is 18.0 Å². The van der Waals surface area contributed by atoms with Crippen LogP contribution in [0.15, 0.2) is 47.3 Å². The number of primary amides is 1. The summed E-state index contributed by atoms with van der Waals surface area (Å²) in [6.07, 6.45) is -1.33. The first-order valence-electron chi connectivity index (χ1n) is 7.31. The number of aliphatic hydroxyl groups is 1. The Balaban J connectivity index is 2.06. The van der Waals surface area contributed by atoms with Gasteiger partial charge in [0.1, 0.15) is 0 Å². The van der Waals surface area contributed by atoms with Crippen LogP contribution in [0, 0.1) is 11.6 Å². The standard InChI is InChI=1S/C17H13F2N3O3/c18-12-6-5-9(7-13(12)19)14(23)8-22-17(25)11-4-2-1-3-10(11)15(21-22)16(20)24/h1-7,14,23H,8H2,(H2,20,24). The van der Waals surface area contributed by atoms with E-state index in [0.717, 1.165) is 16.8 Å². The Hall–Kier alpha value is -3.13. The van der Waals surface area contributed by atoms with E-state index in [1.165, 1.54) is 12.1 Å². The topological polar surface area (TPSA) is 98.2 Å². The summed E-state index contributed by atoms with van der Waals surface area (Å²) in [5.74, 6) is -2.99. The zero-order chi connectivity index (χ0) is 18.1. The van der Waals surface area contributed by atoms with Crippen LogP contribution in [-0.4, -0.2) is 20.8 Å². The minimum atomic E-state index is -1.33.